The van der Waals surface area contributed by atoms with E-state index < -0.39 is 30.1 Å². The average molecular weight is 385 g/mol. The number of halogens is 3. The number of ether oxygens (including phenoxy) is 1. The molecule has 0 fully saturated rings. The summed E-state index contributed by atoms with van der Waals surface area (Å²) < 4.78 is 31.5. The van der Waals surface area contributed by atoms with Crippen LogP contribution in [0.3, 0.4) is 0 Å². The van der Waals surface area contributed by atoms with Gasteiger partial charge in [-0.2, -0.15) is 0 Å². The fourth-order valence-corrected chi connectivity index (χ4v) is 2.14. The van der Waals surface area contributed by atoms with E-state index in [4.69, 9.17) is 4.74 Å². The van der Waals surface area contributed by atoms with Gasteiger partial charge in [-0.25, -0.2) is 8.78 Å². The summed E-state index contributed by atoms with van der Waals surface area (Å²) in [6, 6.07) is 9.11. The Morgan fingerprint density at radius 2 is 1.83 bits per heavy atom. The number of benzene rings is 2. The van der Waals surface area contributed by atoms with Crippen molar-refractivity contribution >= 4 is 27.7 Å². The number of hydrazine groups is 1. The third-order valence-corrected chi connectivity index (χ3v) is 3.34. The molecule has 2 rings (SSSR count). The quantitative estimate of drug-likeness (QED) is 0.796. The number of carbonyl (C=O) groups excluding carboxylic acids is 2. The summed E-state index contributed by atoms with van der Waals surface area (Å²) in [5.41, 5.74) is 4.40. The molecule has 0 heterocycles. The molecule has 0 atom stereocenters. The Balaban J connectivity index is 1.84. The molecule has 0 aliphatic heterocycles. The highest BCUT2D eigenvalue weighted by molar-refractivity contribution is 9.10. The van der Waals surface area contributed by atoms with Crippen LogP contribution in [-0.4, -0.2) is 18.4 Å². The number of nitrogens with one attached hydrogen (secondary N) is 2. The van der Waals surface area contributed by atoms with Crippen LogP contribution < -0.4 is 15.6 Å². The number of rotatable bonds is 4. The maximum atomic E-state index is 13.3. The van der Waals surface area contributed by atoms with E-state index in [9.17, 15) is 18.4 Å². The van der Waals surface area contributed by atoms with Gasteiger partial charge < -0.3 is 4.74 Å². The number of para-hydroxylation sites is 1. The van der Waals surface area contributed by atoms with Crippen molar-refractivity contribution in [3.63, 3.8) is 0 Å². The predicted octanol–water partition coefficient (Wildman–Crippen LogP) is 2.57. The molecular formula is C15H11BrF2N2O3. The van der Waals surface area contributed by atoms with E-state index in [1.54, 1.807) is 6.07 Å². The zero-order valence-electron chi connectivity index (χ0n) is 11.6. The van der Waals surface area contributed by atoms with Crippen molar-refractivity contribution in [2.75, 3.05) is 6.61 Å². The first-order valence-corrected chi connectivity index (χ1v) is 7.18. The molecule has 8 heteroatoms. The number of hydrogen-bond donors (Lipinski definition) is 2. The Kier molecular flexibility index (Phi) is 5.64. The molecule has 0 aliphatic rings. The highest BCUT2D eigenvalue weighted by Gasteiger charge is 2.12. The fraction of sp³-hybridized carbons (Fsp3) is 0.0667. The number of amides is 2. The van der Waals surface area contributed by atoms with E-state index >= 15 is 0 Å². The molecule has 0 aromatic heterocycles. The largest absolute Gasteiger partial charge is 0.481 e. The van der Waals surface area contributed by atoms with Crippen LogP contribution in [0.2, 0.25) is 0 Å². The molecule has 2 aromatic rings. The van der Waals surface area contributed by atoms with Crippen LogP contribution in [0.1, 0.15) is 10.4 Å². The molecule has 0 spiro atoms. The van der Waals surface area contributed by atoms with Gasteiger partial charge in [-0.15, -0.1) is 0 Å². The molecule has 2 N–H and O–H groups in total. The molecule has 5 nitrogen and oxygen atoms in total. The van der Waals surface area contributed by atoms with Crippen LogP contribution in [0, 0.1) is 11.6 Å². The summed E-state index contributed by atoms with van der Waals surface area (Å²) in [6.07, 6.45) is 0. The van der Waals surface area contributed by atoms with Crippen molar-refractivity contribution in [3.8, 4) is 5.75 Å². The van der Waals surface area contributed by atoms with Gasteiger partial charge in [0.05, 0.1) is 5.56 Å². The van der Waals surface area contributed by atoms with Crippen LogP contribution in [0.5, 0.6) is 5.75 Å². The number of hydrogen-bond acceptors (Lipinski definition) is 3. The van der Waals surface area contributed by atoms with Crippen molar-refractivity contribution < 1.29 is 23.1 Å². The van der Waals surface area contributed by atoms with Gasteiger partial charge in [0.15, 0.2) is 18.2 Å². The van der Waals surface area contributed by atoms with E-state index in [0.717, 1.165) is 12.1 Å². The van der Waals surface area contributed by atoms with E-state index in [0.29, 0.717) is 0 Å². The highest BCUT2D eigenvalue weighted by atomic mass is 79.9. The molecule has 0 saturated carbocycles. The molecule has 23 heavy (non-hydrogen) atoms. The second kappa shape index (κ2) is 7.68. The monoisotopic (exact) mass is 384 g/mol. The highest BCUT2D eigenvalue weighted by Crippen LogP contribution is 2.17. The smallest absolute Gasteiger partial charge is 0.276 e. The minimum Gasteiger partial charge on any atom is -0.481 e. The first-order valence-electron chi connectivity index (χ1n) is 6.39. The lowest BCUT2D eigenvalue weighted by molar-refractivity contribution is -0.123. The van der Waals surface area contributed by atoms with Crippen LogP contribution >= 0.6 is 15.9 Å². The molecule has 2 amide bonds. The van der Waals surface area contributed by atoms with Gasteiger partial charge in [0.1, 0.15) is 5.82 Å². The van der Waals surface area contributed by atoms with Crippen molar-refractivity contribution in [2.45, 2.75) is 0 Å². The van der Waals surface area contributed by atoms with Gasteiger partial charge in [-0.05, 0) is 46.3 Å². The molecule has 0 radical (unpaired) electrons. The zero-order valence-corrected chi connectivity index (χ0v) is 13.2. The second-order valence-corrected chi connectivity index (χ2v) is 5.20. The Hall–Kier alpha value is -2.48. The maximum absolute atomic E-state index is 13.3. The van der Waals surface area contributed by atoms with Gasteiger partial charge in [0.2, 0.25) is 0 Å². The minimum absolute atomic E-state index is 0.0738. The van der Waals surface area contributed by atoms with Crippen LogP contribution in [0.4, 0.5) is 8.78 Å². The fourth-order valence-electron chi connectivity index (χ4n) is 1.61. The number of carbonyl (C=O) groups is 2. The lowest BCUT2D eigenvalue weighted by atomic mass is 10.2. The van der Waals surface area contributed by atoms with Gasteiger partial charge in [-0.1, -0.05) is 12.1 Å². The SMILES string of the molecule is O=C(COc1ccccc1F)NNC(=O)c1ccc(F)cc1Br. The normalized spacial score (nSPS) is 10.0. The van der Waals surface area contributed by atoms with Crippen molar-refractivity contribution in [1.29, 1.82) is 0 Å². The molecular weight excluding hydrogens is 374 g/mol. The third-order valence-electron chi connectivity index (χ3n) is 2.69. The van der Waals surface area contributed by atoms with Crippen molar-refractivity contribution in [3.05, 3.63) is 64.1 Å². The molecule has 0 saturated heterocycles. The van der Waals surface area contributed by atoms with Crippen LogP contribution in [-0.2, 0) is 4.79 Å². The van der Waals surface area contributed by atoms with Gasteiger partial charge in [-0.3, -0.25) is 20.4 Å². The van der Waals surface area contributed by atoms with Crippen LogP contribution in [0.15, 0.2) is 46.9 Å². The summed E-state index contributed by atoms with van der Waals surface area (Å²) in [6.45, 7) is -0.480. The molecule has 0 unspecified atom stereocenters. The zero-order chi connectivity index (χ0) is 16.8. The predicted molar refractivity (Wildman–Crippen MR) is 81.6 cm³/mol. The van der Waals surface area contributed by atoms with Crippen molar-refractivity contribution in [2.24, 2.45) is 0 Å². The Bertz CT molecular complexity index is 740. The third kappa shape index (κ3) is 4.75. The average Bonchev–Trinajstić information content (AvgIpc) is 2.52. The summed E-state index contributed by atoms with van der Waals surface area (Å²) >= 11 is 3.04. The summed E-state index contributed by atoms with van der Waals surface area (Å²) in [5, 5.41) is 0. The maximum Gasteiger partial charge on any atom is 0.276 e. The van der Waals surface area contributed by atoms with Gasteiger partial charge in [0.25, 0.3) is 11.8 Å². The topological polar surface area (TPSA) is 67.4 Å². The lowest BCUT2D eigenvalue weighted by Crippen LogP contribution is -2.44. The second-order valence-electron chi connectivity index (χ2n) is 4.35. The van der Waals surface area contributed by atoms with Gasteiger partial charge in [0, 0.05) is 4.47 Å². The molecule has 0 bridgehead atoms. The standard InChI is InChI=1S/C15H11BrF2N2O3/c16-11-7-9(17)5-6-10(11)15(22)20-19-14(21)8-23-13-4-2-1-3-12(13)18/h1-7H,8H2,(H,19,21)(H,20,22). The van der Waals surface area contributed by atoms with Gasteiger partial charge >= 0.3 is 0 Å². The Morgan fingerprint density at radius 1 is 1.09 bits per heavy atom. The minimum atomic E-state index is -0.681. The summed E-state index contributed by atoms with van der Waals surface area (Å²) in [4.78, 5) is 23.4. The Morgan fingerprint density at radius 3 is 2.52 bits per heavy atom. The van der Waals surface area contributed by atoms with E-state index in [2.05, 4.69) is 26.8 Å². The van der Waals surface area contributed by atoms with E-state index in [-0.39, 0.29) is 15.8 Å². The van der Waals surface area contributed by atoms with E-state index in [1.165, 1.54) is 24.3 Å². The first kappa shape index (κ1) is 16.9. The Labute approximate surface area is 138 Å². The first-order chi connectivity index (χ1) is 11.0. The summed E-state index contributed by atoms with van der Waals surface area (Å²) in [7, 11) is 0. The van der Waals surface area contributed by atoms with Crippen molar-refractivity contribution in [1.82, 2.24) is 10.9 Å². The van der Waals surface area contributed by atoms with E-state index in [1.807, 2.05) is 0 Å². The lowest BCUT2D eigenvalue weighted by Gasteiger charge is -2.10. The molecule has 120 valence electrons. The molecule has 2 aromatic carbocycles. The summed E-state index contributed by atoms with van der Waals surface area (Å²) in [5.74, 6) is -2.50. The van der Waals surface area contributed by atoms with Crippen LogP contribution in [0.25, 0.3) is 0 Å². The molecule has 0 aliphatic carbocycles.